The van der Waals surface area contributed by atoms with E-state index in [0.717, 1.165) is 52.2 Å². The number of ether oxygens (including phenoxy) is 2. The zero-order valence-corrected chi connectivity index (χ0v) is 12.5. The van der Waals surface area contributed by atoms with Crippen molar-refractivity contribution in [2.75, 3.05) is 32.9 Å². The third-order valence-corrected chi connectivity index (χ3v) is 4.23. The lowest BCUT2D eigenvalue weighted by Gasteiger charge is -2.53. The molecule has 0 bridgehead atoms. The van der Waals surface area contributed by atoms with Gasteiger partial charge in [-0.1, -0.05) is 13.8 Å². The molecular formula is C15H27NO3. The summed E-state index contributed by atoms with van der Waals surface area (Å²) in [4.78, 5) is 13.8. The van der Waals surface area contributed by atoms with E-state index >= 15 is 0 Å². The van der Waals surface area contributed by atoms with Crippen molar-refractivity contribution in [3.63, 3.8) is 0 Å². The molecule has 1 unspecified atom stereocenters. The molecule has 1 amide bonds. The third kappa shape index (κ3) is 3.48. The van der Waals surface area contributed by atoms with Crippen molar-refractivity contribution in [1.82, 2.24) is 4.90 Å². The summed E-state index contributed by atoms with van der Waals surface area (Å²) in [6.45, 7) is 10.0. The molecule has 1 atom stereocenters. The quantitative estimate of drug-likeness (QED) is 0.717. The summed E-state index contributed by atoms with van der Waals surface area (Å²) in [5.41, 5.74) is -0.0420. The van der Waals surface area contributed by atoms with Gasteiger partial charge in [-0.05, 0) is 32.1 Å². The number of carbonyl (C=O) groups excluding carboxylic acids is 1. The first-order valence-electron chi connectivity index (χ1n) is 7.57. The first-order valence-corrected chi connectivity index (χ1v) is 7.57. The van der Waals surface area contributed by atoms with Gasteiger partial charge in [-0.2, -0.15) is 0 Å². The normalized spacial score (nSPS) is 25.7. The molecule has 2 saturated heterocycles. The highest BCUT2D eigenvalue weighted by molar-refractivity contribution is 5.79. The second-order valence-corrected chi connectivity index (χ2v) is 6.22. The van der Waals surface area contributed by atoms with Gasteiger partial charge >= 0.3 is 0 Å². The summed E-state index contributed by atoms with van der Waals surface area (Å²) >= 11 is 0. The van der Waals surface area contributed by atoms with Crippen molar-refractivity contribution < 1.29 is 14.3 Å². The molecule has 0 aromatic carbocycles. The minimum Gasteiger partial charge on any atom is -0.382 e. The van der Waals surface area contributed by atoms with Gasteiger partial charge in [0.15, 0.2) is 0 Å². The molecule has 4 nitrogen and oxygen atoms in total. The Balaban J connectivity index is 1.78. The van der Waals surface area contributed by atoms with Crippen LogP contribution in [-0.4, -0.2) is 49.3 Å². The molecule has 4 heteroatoms. The first-order chi connectivity index (χ1) is 9.06. The maximum atomic E-state index is 11.9. The lowest BCUT2D eigenvalue weighted by molar-refractivity contribution is -0.191. The van der Waals surface area contributed by atoms with Crippen LogP contribution in [0.25, 0.3) is 0 Å². The van der Waals surface area contributed by atoms with E-state index in [9.17, 15) is 4.79 Å². The van der Waals surface area contributed by atoms with Crippen molar-refractivity contribution in [2.24, 2.45) is 11.8 Å². The van der Waals surface area contributed by atoms with Crippen LogP contribution >= 0.6 is 0 Å². The van der Waals surface area contributed by atoms with Gasteiger partial charge < -0.3 is 14.4 Å². The molecule has 110 valence electrons. The molecule has 2 fully saturated rings. The maximum absolute atomic E-state index is 11.9. The number of hydrogen-bond donors (Lipinski definition) is 0. The molecule has 0 aromatic heterocycles. The average molecular weight is 269 g/mol. The van der Waals surface area contributed by atoms with Crippen LogP contribution in [0.2, 0.25) is 0 Å². The monoisotopic (exact) mass is 269 g/mol. The van der Waals surface area contributed by atoms with E-state index in [-0.39, 0.29) is 17.4 Å². The molecular weight excluding hydrogens is 242 g/mol. The minimum absolute atomic E-state index is 0.0420. The molecule has 0 N–H and O–H groups in total. The molecule has 2 rings (SSSR count). The van der Waals surface area contributed by atoms with Gasteiger partial charge in [-0.3, -0.25) is 4.79 Å². The molecule has 2 heterocycles. The molecule has 0 aromatic rings. The van der Waals surface area contributed by atoms with Crippen LogP contribution in [-0.2, 0) is 14.3 Å². The third-order valence-electron chi connectivity index (χ3n) is 4.23. The Kier molecular flexibility index (Phi) is 4.85. The number of likely N-dealkylation sites (tertiary alicyclic amines) is 1. The lowest BCUT2D eigenvalue weighted by atomic mass is 9.79. The Morgan fingerprint density at radius 2 is 2.21 bits per heavy atom. The number of carbonyl (C=O) groups is 1. The van der Waals surface area contributed by atoms with Crippen LogP contribution in [0.3, 0.4) is 0 Å². The Bertz CT molecular complexity index is 311. The number of nitrogens with zero attached hydrogens (tertiary/aromatic N) is 1. The lowest BCUT2D eigenvalue weighted by Crippen LogP contribution is -2.67. The Labute approximate surface area is 116 Å². The van der Waals surface area contributed by atoms with Gasteiger partial charge in [0.25, 0.3) is 0 Å². The molecule has 0 saturated carbocycles. The standard InChI is InChI=1S/C15H27NO3/c1-4-18-7-5-13-6-8-19-15(9-13)10-16(11-15)14(17)12(2)3/h12-13H,4-11H2,1-3H3. The molecule has 1 spiro atoms. The maximum Gasteiger partial charge on any atom is 0.225 e. The second-order valence-electron chi connectivity index (χ2n) is 6.22. The minimum atomic E-state index is -0.0420. The number of rotatable bonds is 5. The van der Waals surface area contributed by atoms with Crippen LogP contribution < -0.4 is 0 Å². The van der Waals surface area contributed by atoms with Gasteiger partial charge in [0.2, 0.25) is 5.91 Å². The van der Waals surface area contributed by atoms with Gasteiger partial charge in [-0.15, -0.1) is 0 Å². The smallest absolute Gasteiger partial charge is 0.225 e. The first kappa shape index (κ1) is 14.8. The molecule has 2 aliphatic rings. The highest BCUT2D eigenvalue weighted by atomic mass is 16.5. The predicted octanol–water partition coefficient (Wildman–Crippen LogP) is 2.08. The second kappa shape index (κ2) is 6.23. The fourth-order valence-electron chi connectivity index (χ4n) is 3.16. The number of hydrogen-bond acceptors (Lipinski definition) is 3. The highest BCUT2D eigenvalue weighted by Crippen LogP contribution is 2.38. The van der Waals surface area contributed by atoms with Crippen molar-refractivity contribution in [3.8, 4) is 0 Å². The summed E-state index contributed by atoms with van der Waals surface area (Å²) < 4.78 is 11.4. The molecule has 19 heavy (non-hydrogen) atoms. The van der Waals surface area contributed by atoms with E-state index < -0.39 is 0 Å². The van der Waals surface area contributed by atoms with E-state index in [0.29, 0.717) is 5.92 Å². The van der Waals surface area contributed by atoms with Gasteiger partial charge in [0.05, 0.1) is 13.1 Å². The molecule has 2 aliphatic heterocycles. The Hall–Kier alpha value is -0.610. The topological polar surface area (TPSA) is 38.8 Å². The zero-order valence-electron chi connectivity index (χ0n) is 12.5. The van der Waals surface area contributed by atoms with Crippen LogP contribution in [0.1, 0.15) is 40.0 Å². The van der Waals surface area contributed by atoms with Crippen molar-refractivity contribution >= 4 is 5.91 Å². The van der Waals surface area contributed by atoms with E-state index in [1.807, 2.05) is 25.7 Å². The summed E-state index contributed by atoms with van der Waals surface area (Å²) in [5, 5.41) is 0. The van der Waals surface area contributed by atoms with Crippen LogP contribution in [0.15, 0.2) is 0 Å². The number of amides is 1. The van der Waals surface area contributed by atoms with Crippen LogP contribution in [0, 0.1) is 11.8 Å². The fraction of sp³-hybridized carbons (Fsp3) is 0.933. The largest absolute Gasteiger partial charge is 0.382 e. The van der Waals surface area contributed by atoms with Gasteiger partial charge in [0, 0.05) is 25.7 Å². The summed E-state index contributed by atoms with van der Waals surface area (Å²) in [7, 11) is 0. The highest BCUT2D eigenvalue weighted by Gasteiger charge is 2.49. The summed E-state index contributed by atoms with van der Waals surface area (Å²) in [5.74, 6) is 1.04. The van der Waals surface area contributed by atoms with Gasteiger partial charge in [-0.25, -0.2) is 0 Å². The van der Waals surface area contributed by atoms with E-state index in [4.69, 9.17) is 9.47 Å². The zero-order chi connectivity index (χ0) is 13.9. The summed E-state index contributed by atoms with van der Waals surface area (Å²) in [6.07, 6.45) is 3.34. The Morgan fingerprint density at radius 1 is 1.47 bits per heavy atom. The van der Waals surface area contributed by atoms with Crippen molar-refractivity contribution in [3.05, 3.63) is 0 Å². The van der Waals surface area contributed by atoms with Crippen LogP contribution in [0.5, 0.6) is 0 Å². The van der Waals surface area contributed by atoms with E-state index in [1.54, 1.807) is 0 Å². The fourth-order valence-corrected chi connectivity index (χ4v) is 3.16. The predicted molar refractivity (Wildman–Crippen MR) is 73.9 cm³/mol. The van der Waals surface area contributed by atoms with E-state index in [2.05, 4.69) is 0 Å². The van der Waals surface area contributed by atoms with Crippen molar-refractivity contribution in [1.29, 1.82) is 0 Å². The SMILES string of the molecule is CCOCCC1CCOC2(C1)CN(C(=O)C(C)C)C2. The van der Waals surface area contributed by atoms with Gasteiger partial charge in [0.1, 0.15) is 5.60 Å². The average Bonchev–Trinajstić information content (AvgIpc) is 2.35. The van der Waals surface area contributed by atoms with Crippen LogP contribution in [0.4, 0.5) is 0 Å². The Morgan fingerprint density at radius 3 is 2.84 bits per heavy atom. The summed E-state index contributed by atoms with van der Waals surface area (Å²) in [6, 6.07) is 0. The molecule has 0 radical (unpaired) electrons. The molecule has 0 aliphatic carbocycles. The van der Waals surface area contributed by atoms with E-state index in [1.165, 1.54) is 0 Å². The van der Waals surface area contributed by atoms with Crippen molar-refractivity contribution in [2.45, 2.75) is 45.6 Å².